The number of esters is 1. The van der Waals surface area contributed by atoms with Crippen LogP contribution in [0.3, 0.4) is 0 Å². The number of carbonyl (C=O) groups is 1. The van der Waals surface area contributed by atoms with Gasteiger partial charge in [-0.15, -0.1) is 0 Å². The minimum absolute atomic E-state index is 0.0680. The molecule has 0 aliphatic rings. The maximum Gasteiger partial charge on any atom is 0.307 e. The van der Waals surface area contributed by atoms with Crippen molar-refractivity contribution in [2.45, 2.75) is 58.4 Å². The third kappa shape index (κ3) is 5.50. The van der Waals surface area contributed by atoms with Crippen LogP contribution in [0.15, 0.2) is 0 Å². The van der Waals surface area contributed by atoms with E-state index in [0.717, 1.165) is 6.42 Å². The molecule has 0 radical (unpaired) electrons. The minimum atomic E-state index is -0.0878. The fourth-order valence-corrected chi connectivity index (χ4v) is 1.75. The van der Waals surface area contributed by atoms with Crippen LogP contribution in [-0.2, 0) is 9.53 Å². The number of unbranched alkanes of at least 4 members (excludes halogenated alkanes) is 2. The third-order valence-corrected chi connectivity index (χ3v) is 3.23. The van der Waals surface area contributed by atoms with E-state index in [4.69, 9.17) is 4.74 Å². The van der Waals surface area contributed by atoms with Gasteiger partial charge in [0.15, 0.2) is 0 Å². The van der Waals surface area contributed by atoms with Crippen molar-refractivity contribution in [1.29, 1.82) is 0 Å². The van der Waals surface area contributed by atoms with Crippen molar-refractivity contribution in [2.75, 3.05) is 20.7 Å². The van der Waals surface area contributed by atoms with Gasteiger partial charge in [0, 0.05) is 5.54 Å². The van der Waals surface area contributed by atoms with Crippen LogP contribution in [0.25, 0.3) is 0 Å². The molecule has 16 heavy (non-hydrogen) atoms. The van der Waals surface area contributed by atoms with Gasteiger partial charge in [-0.3, -0.25) is 4.79 Å². The average molecular weight is 229 g/mol. The Morgan fingerprint density at radius 1 is 1.25 bits per heavy atom. The predicted molar refractivity (Wildman–Crippen MR) is 67.5 cm³/mol. The van der Waals surface area contributed by atoms with Gasteiger partial charge >= 0.3 is 5.97 Å². The summed E-state index contributed by atoms with van der Waals surface area (Å²) in [4.78, 5) is 13.7. The van der Waals surface area contributed by atoms with E-state index in [0.29, 0.717) is 13.0 Å². The smallest absolute Gasteiger partial charge is 0.307 e. The lowest BCUT2D eigenvalue weighted by Crippen LogP contribution is -2.43. The molecule has 0 N–H and O–H groups in total. The number of rotatable bonds is 8. The molecule has 0 amide bonds. The molecule has 0 aromatic heterocycles. The van der Waals surface area contributed by atoms with Crippen LogP contribution in [0.1, 0.15) is 52.9 Å². The molecule has 0 aromatic carbocycles. The monoisotopic (exact) mass is 229 g/mol. The van der Waals surface area contributed by atoms with E-state index in [-0.39, 0.29) is 11.5 Å². The summed E-state index contributed by atoms with van der Waals surface area (Å²) in [5.41, 5.74) is -0.0680. The van der Waals surface area contributed by atoms with Crippen LogP contribution in [-0.4, -0.2) is 37.1 Å². The molecule has 0 spiro atoms. The molecule has 3 nitrogen and oxygen atoms in total. The summed E-state index contributed by atoms with van der Waals surface area (Å²) in [5.74, 6) is -0.0878. The van der Waals surface area contributed by atoms with Gasteiger partial charge in [0.25, 0.3) is 0 Å². The highest BCUT2D eigenvalue weighted by molar-refractivity contribution is 5.70. The Bertz CT molecular complexity index is 204. The van der Waals surface area contributed by atoms with E-state index in [1.165, 1.54) is 19.3 Å². The molecule has 1 atom stereocenters. The first kappa shape index (κ1) is 15.4. The SMILES string of the molecule is CCCCCC(C)(CC(=O)OCC)N(C)C. The highest BCUT2D eigenvalue weighted by atomic mass is 16.5. The molecule has 0 saturated heterocycles. The second-order valence-corrected chi connectivity index (χ2v) is 4.83. The standard InChI is InChI=1S/C13H27NO2/c1-6-8-9-10-13(3,14(4)5)11-12(15)16-7-2/h6-11H2,1-5H3. The Balaban J connectivity index is 4.26. The zero-order valence-electron chi connectivity index (χ0n) is 11.5. The largest absolute Gasteiger partial charge is 0.466 e. The lowest BCUT2D eigenvalue weighted by Gasteiger charge is -2.35. The summed E-state index contributed by atoms with van der Waals surface area (Å²) in [5, 5.41) is 0. The molecule has 0 aliphatic carbocycles. The number of nitrogens with zero attached hydrogens (tertiary/aromatic N) is 1. The predicted octanol–water partition coefficient (Wildman–Crippen LogP) is 2.84. The van der Waals surface area contributed by atoms with E-state index in [1.54, 1.807) is 0 Å². The average Bonchev–Trinajstić information content (AvgIpc) is 2.18. The topological polar surface area (TPSA) is 29.5 Å². The summed E-state index contributed by atoms with van der Waals surface area (Å²) in [6.07, 6.45) is 5.14. The first-order valence-electron chi connectivity index (χ1n) is 6.29. The van der Waals surface area contributed by atoms with Gasteiger partial charge in [-0.05, 0) is 34.4 Å². The number of ether oxygens (including phenoxy) is 1. The number of hydrogen-bond acceptors (Lipinski definition) is 3. The van der Waals surface area contributed by atoms with Crippen molar-refractivity contribution in [3.05, 3.63) is 0 Å². The van der Waals surface area contributed by atoms with E-state index in [1.807, 2.05) is 21.0 Å². The summed E-state index contributed by atoms with van der Waals surface area (Å²) < 4.78 is 5.03. The Morgan fingerprint density at radius 3 is 2.31 bits per heavy atom. The van der Waals surface area contributed by atoms with E-state index in [9.17, 15) is 4.79 Å². The number of carbonyl (C=O) groups excluding carboxylic acids is 1. The molecular formula is C13H27NO2. The van der Waals surface area contributed by atoms with Gasteiger partial charge in [-0.1, -0.05) is 26.2 Å². The van der Waals surface area contributed by atoms with Gasteiger partial charge in [0.2, 0.25) is 0 Å². The molecule has 0 fully saturated rings. The van der Waals surface area contributed by atoms with Crippen LogP contribution in [0, 0.1) is 0 Å². The normalized spacial score (nSPS) is 14.9. The van der Waals surface area contributed by atoms with Crippen molar-refractivity contribution in [1.82, 2.24) is 4.90 Å². The first-order valence-corrected chi connectivity index (χ1v) is 6.29. The van der Waals surface area contributed by atoms with Crippen LogP contribution in [0.4, 0.5) is 0 Å². The quantitative estimate of drug-likeness (QED) is 0.473. The highest BCUT2D eigenvalue weighted by Gasteiger charge is 2.29. The third-order valence-electron chi connectivity index (χ3n) is 3.23. The molecule has 0 aromatic rings. The molecule has 0 saturated carbocycles. The van der Waals surface area contributed by atoms with E-state index >= 15 is 0 Å². The second-order valence-electron chi connectivity index (χ2n) is 4.83. The molecule has 0 rings (SSSR count). The van der Waals surface area contributed by atoms with Crippen LogP contribution in [0.2, 0.25) is 0 Å². The first-order chi connectivity index (χ1) is 7.46. The molecule has 0 bridgehead atoms. The minimum Gasteiger partial charge on any atom is -0.466 e. The van der Waals surface area contributed by atoms with Crippen molar-refractivity contribution >= 4 is 5.97 Å². The Hall–Kier alpha value is -0.570. The Morgan fingerprint density at radius 2 is 1.88 bits per heavy atom. The van der Waals surface area contributed by atoms with Gasteiger partial charge in [-0.25, -0.2) is 0 Å². The molecule has 96 valence electrons. The van der Waals surface area contributed by atoms with Gasteiger partial charge in [-0.2, -0.15) is 0 Å². The second kappa shape index (κ2) is 7.66. The Kier molecular flexibility index (Phi) is 7.39. The van der Waals surface area contributed by atoms with Gasteiger partial charge in [0.1, 0.15) is 0 Å². The van der Waals surface area contributed by atoms with Crippen molar-refractivity contribution in [3.8, 4) is 0 Å². The highest BCUT2D eigenvalue weighted by Crippen LogP contribution is 2.24. The fourth-order valence-electron chi connectivity index (χ4n) is 1.75. The van der Waals surface area contributed by atoms with Crippen molar-refractivity contribution in [2.24, 2.45) is 0 Å². The summed E-state index contributed by atoms with van der Waals surface area (Å²) in [6, 6.07) is 0. The van der Waals surface area contributed by atoms with Crippen LogP contribution >= 0.6 is 0 Å². The summed E-state index contributed by atoms with van der Waals surface area (Å²) >= 11 is 0. The van der Waals surface area contributed by atoms with E-state index in [2.05, 4.69) is 18.7 Å². The van der Waals surface area contributed by atoms with Crippen molar-refractivity contribution < 1.29 is 9.53 Å². The maximum absolute atomic E-state index is 11.5. The zero-order valence-corrected chi connectivity index (χ0v) is 11.5. The molecule has 0 aliphatic heterocycles. The molecule has 0 heterocycles. The summed E-state index contributed by atoms with van der Waals surface area (Å²) in [7, 11) is 4.07. The fraction of sp³-hybridized carbons (Fsp3) is 0.923. The van der Waals surface area contributed by atoms with Crippen molar-refractivity contribution in [3.63, 3.8) is 0 Å². The molecule has 1 unspecified atom stereocenters. The Labute approximate surface area is 100 Å². The van der Waals surface area contributed by atoms with Gasteiger partial charge in [0.05, 0.1) is 13.0 Å². The van der Waals surface area contributed by atoms with E-state index < -0.39 is 0 Å². The molecular weight excluding hydrogens is 202 g/mol. The van der Waals surface area contributed by atoms with Gasteiger partial charge < -0.3 is 9.64 Å². The number of hydrogen-bond donors (Lipinski definition) is 0. The lowest BCUT2D eigenvalue weighted by molar-refractivity contribution is -0.146. The van der Waals surface area contributed by atoms with Crippen LogP contribution in [0.5, 0.6) is 0 Å². The molecule has 3 heteroatoms. The van der Waals surface area contributed by atoms with Crippen LogP contribution < -0.4 is 0 Å². The zero-order chi connectivity index (χ0) is 12.6. The maximum atomic E-state index is 11.5. The summed E-state index contributed by atoms with van der Waals surface area (Å²) in [6.45, 7) is 6.65. The lowest BCUT2D eigenvalue weighted by atomic mass is 9.89.